The number of carbonyl (C=O) groups excluding carboxylic acids is 1. The fourth-order valence-corrected chi connectivity index (χ4v) is 1.34. The van der Waals surface area contributed by atoms with Gasteiger partial charge in [0.1, 0.15) is 11.5 Å². The summed E-state index contributed by atoms with van der Waals surface area (Å²) >= 11 is 0. The number of nitrogens with one attached hydrogen (secondary N) is 2. The minimum absolute atomic E-state index is 0.216. The van der Waals surface area contributed by atoms with Crippen LogP contribution in [0, 0.1) is 0 Å². The van der Waals surface area contributed by atoms with Crippen LogP contribution in [0.15, 0.2) is 18.6 Å². The predicted octanol–water partition coefficient (Wildman–Crippen LogP) is -0.0128. The monoisotopic (exact) mass is 220 g/mol. The summed E-state index contributed by atoms with van der Waals surface area (Å²) in [5.41, 5.74) is 6.23. The normalized spacial score (nSPS) is 10.3. The molecule has 0 unspecified atom stereocenters. The van der Waals surface area contributed by atoms with Gasteiger partial charge in [-0.1, -0.05) is 0 Å². The van der Waals surface area contributed by atoms with Crippen molar-refractivity contribution in [2.24, 2.45) is 0 Å². The van der Waals surface area contributed by atoms with Crippen LogP contribution in [0.1, 0.15) is 16.3 Å². The lowest BCUT2D eigenvalue weighted by molar-refractivity contribution is 0.0777. The number of anilines is 1. The van der Waals surface area contributed by atoms with Crippen molar-refractivity contribution in [3.05, 3.63) is 30.1 Å². The number of nitrogens with two attached hydrogens (primary N) is 1. The molecule has 0 spiro atoms. The van der Waals surface area contributed by atoms with Gasteiger partial charge in [-0.05, 0) is 0 Å². The molecule has 16 heavy (non-hydrogen) atoms. The Balaban J connectivity index is 2.08. The molecule has 0 saturated heterocycles. The summed E-state index contributed by atoms with van der Waals surface area (Å²) in [5.74, 6) is 0.500. The second-order valence-electron chi connectivity index (χ2n) is 3.40. The molecule has 2 aromatic rings. The fourth-order valence-electron chi connectivity index (χ4n) is 1.34. The summed E-state index contributed by atoms with van der Waals surface area (Å²) in [6, 6.07) is 0. The molecular weight excluding hydrogens is 208 g/mol. The van der Waals surface area contributed by atoms with Crippen LogP contribution in [0.2, 0.25) is 0 Å². The van der Waals surface area contributed by atoms with Gasteiger partial charge in [0.15, 0.2) is 0 Å². The van der Waals surface area contributed by atoms with Crippen LogP contribution in [-0.2, 0) is 6.54 Å². The van der Waals surface area contributed by atoms with Gasteiger partial charge in [-0.2, -0.15) is 5.10 Å². The summed E-state index contributed by atoms with van der Waals surface area (Å²) in [5, 5.41) is 6.27. The first-order valence-electron chi connectivity index (χ1n) is 4.71. The third-order valence-electron chi connectivity index (χ3n) is 2.17. The van der Waals surface area contributed by atoms with Crippen molar-refractivity contribution in [3.63, 3.8) is 0 Å². The number of hydrogen-bond acceptors (Lipinski definition) is 4. The smallest absolute Gasteiger partial charge is 0.274 e. The minimum atomic E-state index is -0.216. The lowest BCUT2D eigenvalue weighted by Crippen LogP contribution is -2.27. The zero-order valence-corrected chi connectivity index (χ0v) is 8.77. The van der Waals surface area contributed by atoms with Gasteiger partial charge >= 0.3 is 0 Å². The highest BCUT2D eigenvalue weighted by molar-refractivity contribution is 5.96. The van der Waals surface area contributed by atoms with Gasteiger partial charge in [0, 0.05) is 19.4 Å². The maximum absolute atomic E-state index is 11.9. The third kappa shape index (κ3) is 1.88. The van der Waals surface area contributed by atoms with E-state index in [0.29, 0.717) is 23.8 Å². The van der Waals surface area contributed by atoms with E-state index in [0.717, 1.165) is 0 Å². The molecule has 0 aliphatic rings. The average molecular weight is 220 g/mol. The molecule has 0 bridgehead atoms. The van der Waals surface area contributed by atoms with Crippen molar-refractivity contribution < 1.29 is 4.79 Å². The molecule has 0 atom stereocenters. The number of carbonyl (C=O) groups is 1. The third-order valence-corrected chi connectivity index (χ3v) is 2.17. The van der Waals surface area contributed by atoms with E-state index in [9.17, 15) is 4.79 Å². The number of H-pyrrole nitrogens is 2. The van der Waals surface area contributed by atoms with Crippen LogP contribution in [0.3, 0.4) is 0 Å². The van der Waals surface area contributed by atoms with E-state index < -0.39 is 0 Å². The van der Waals surface area contributed by atoms with Crippen LogP contribution in [-0.4, -0.2) is 38.0 Å². The number of rotatable bonds is 3. The molecule has 0 aromatic carbocycles. The highest BCUT2D eigenvalue weighted by Crippen LogP contribution is 2.09. The van der Waals surface area contributed by atoms with Gasteiger partial charge < -0.3 is 15.6 Å². The highest BCUT2D eigenvalue weighted by atomic mass is 16.2. The van der Waals surface area contributed by atoms with Crippen molar-refractivity contribution in [1.29, 1.82) is 0 Å². The molecule has 1 amide bonds. The van der Waals surface area contributed by atoms with E-state index in [1.807, 2.05) is 0 Å². The van der Waals surface area contributed by atoms with Crippen LogP contribution >= 0.6 is 0 Å². The number of imidazole rings is 1. The maximum atomic E-state index is 11.9. The zero-order chi connectivity index (χ0) is 11.5. The first-order valence-corrected chi connectivity index (χ1v) is 4.71. The Morgan fingerprint density at radius 3 is 3.00 bits per heavy atom. The van der Waals surface area contributed by atoms with E-state index in [4.69, 9.17) is 5.73 Å². The SMILES string of the molecule is CN(Cc1ncc[nH]1)C(=O)c1[nH]ncc1N. The zero-order valence-electron chi connectivity index (χ0n) is 8.77. The topological polar surface area (TPSA) is 104 Å². The number of aromatic nitrogens is 4. The van der Waals surface area contributed by atoms with Gasteiger partial charge in [0.25, 0.3) is 5.91 Å². The molecule has 4 N–H and O–H groups in total. The Morgan fingerprint density at radius 2 is 2.44 bits per heavy atom. The van der Waals surface area contributed by atoms with E-state index in [-0.39, 0.29) is 5.91 Å². The molecule has 2 rings (SSSR count). The number of amides is 1. The molecule has 7 nitrogen and oxygen atoms in total. The van der Waals surface area contributed by atoms with Crippen molar-refractivity contribution in [1.82, 2.24) is 25.1 Å². The van der Waals surface area contributed by atoms with Crippen molar-refractivity contribution in [2.75, 3.05) is 12.8 Å². The van der Waals surface area contributed by atoms with Gasteiger partial charge in [-0.3, -0.25) is 9.89 Å². The largest absolute Gasteiger partial charge is 0.396 e. The van der Waals surface area contributed by atoms with Gasteiger partial charge in [0.05, 0.1) is 18.4 Å². The van der Waals surface area contributed by atoms with E-state index >= 15 is 0 Å². The Morgan fingerprint density at radius 1 is 1.62 bits per heavy atom. The quantitative estimate of drug-likeness (QED) is 0.676. The standard InChI is InChI=1S/C9H12N6O/c1-15(5-7-11-2-3-12-7)9(16)8-6(10)4-13-14-8/h2-4H,5,10H2,1H3,(H,11,12)(H,13,14). The summed E-state index contributed by atoms with van der Waals surface area (Å²) in [7, 11) is 1.67. The van der Waals surface area contributed by atoms with Crippen molar-refractivity contribution >= 4 is 11.6 Å². The molecule has 0 radical (unpaired) electrons. The molecule has 0 fully saturated rings. The van der Waals surface area contributed by atoms with Crippen molar-refractivity contribution in [2.45, 2.75) is 6.54 Å². The molecule has 0 aliphatic carbocycles. The lowest BCUT2D eigenvalue weighted by Gasteiger charge is -2.14. The van der Waals surface area contributed by atoms with E-state index in [2.05, 4.69) is 20.2 Å². The second kappa shape index (κ2) is 4.05. The Labute approximate surface area is 91.7 Å². The first kappa shape index (κ1) is 10.2. The van der Waals surface area contributed by atoms with Crippen LogP contribution < -0.4 is 5.73 Å². The summed E-state index contributed by atoms with van der Waals surface area (Å²) in [4.78, 5) is 20.3. The van der Waals surface area contributed by atoms with Gasteiger partial charge in [-0.25, -0.2) is 4.98 Å². The van der Waals surface area contributed by atoms with E-state index in [1.54, 1.807) is 19.4 Å². The summed E-state index contributed by atoms with van der Waals surface area (Å²) in [6.45, 7) is 0.393. The Bertz CT molecular complexity index is 474. The lowest BCUT2D eigenvalue weighted by atomic mass is 10.3. The first-order chi connectivity index (χ1) is 7.68. The molecule has 0 aliphatic heterocycles. The number of nitrogen functional groups attached to an aromatic ring is 1. The molecule has 2 heterocycles. The Hall–Kier alpha value is -2.31. The summed E-state index contributed by atoms with van der Waals surface area (Å²) < 4.78 is 0. The number of aromatic amines is 2. The average Bonchev–Trinajstić information content (AvgIpc) is 2.88. The molecule has 7 heteroatoms. The summed E-state index contributed by atoms with van der Waals surface area (Å²) in [6.07, 6.45) is 4.75. The van der Waals surface area contributed by atoms with Crippen LogP contribution in [0.5, 0.6) is 0 Å². The number of nitrogens with zero attached hydrogens (tertiary/aromatic N) is 3. The van der Waals surface area contributed by atoms with Gasteiger partial charge in [-0.15, -0.1) is 0 Å². The molecule has 2 aromatic heterocycles. The number of hydrogen-bond donors (Lipinski definition) is 3. The molecule has 84 valence electrons. The molecule has 0 saturated carbocycles. The molecular formula is C9H12N6O. The fraction of sp³-hybridized carbons (Fsp3) is 0.222. The minimum Gasteiger partial charge on any atom is -0.396 e. The highest BCUT2D eigenvalue weighted by Gasteiger charge is 2.17. The maximum Gasteiger partial charge on any atom is 0.274 e. The predicted molar refractivity (Wildman–Crippen MR) is 57.4 cm³/mol. The van der Waals surface area contributed by atoms with Crippen molar-refractivity contribution in [3.8, 4) is 0 Å². The second-order valence-corrected chi connectivity index (χ2v) is 3.40. The van der Waals surface area contributed by atoms with Crippen LogP contribution in [0.4, 0.5) is 5.69 Å². The van der Waals surface area contributed by atoms with Gasteiger partial charge in [0.2, 0.25) is 0 Å². The van der Waals surface area contributed by atoms with E-state index in [1.165, 1.54) is 11.1 Å². The van der Waals surface area contributed by atoms with Crippen LogP contribution in [0.25, 0.3) is 0 Å². The Kier molecular flexibility index (Phi) is 2.59.